The van der Waals surface area contributed by atoms with Gasteiger partial charge in [0.15, 0.2) is 5.82 Å². The molecule has 0 atom stereocenters. The van der Waals surface area contributed by atoms with Crippen LogP contribution >= 0.6 is 0 Å². The molecule has 0 bridgehead atoms. The van der Waals surface area contributed by atoms with Crippen molar-refractivity contribution in [2.75, 3.05) is 85.5 Å². The van der Waals surface area contributed by atoms with Gasteiger partial charge in [-0.25, -0.2) is 9.55 Å². The number of carbonyl (C=O) groups is 2. The van der Waals surface area contributed by atoms with Gasteiger partial charge in [0, 0.05) is 106 Å². The average Bonchev–Trinajstić information content (AvgIpc) is 3.70. The summed E-state index contributed by atoms with van der Waals surface area (Å²) in [5, 5.41) is 55.8. The molecule has 0 spiro atoms. The number of aromatic nitrogens is 5. The number of rotatable bonds is 11. The Hall–Kier alpha value is -7.56. The highest BCUT2D eigenvalue weighted by Gasteiger charge is 2.30. The minimum atomic E-state index is -0.339. The van der Waals surface area contributed by atoms with E-state index in [9.17, 15) is 30.0 Å². The van der Waals surface area contributed by atoms with Crippen molar-refractivity contribution in [2.24, 2.45) is 0 Å². The Balaban J connectivity index is 0.848. The van der Waals surface area contributed by atoms with E-state index in [1.165, 1.54) is 16.7 Å². The van der Waals surface area contributed by atoms with Crippen molar-refractivity contribution in [2.45, 2.75) is 39.2 Å². The maximum absolute atomic E-state index is 13.6. The molecule has 0 radical (unpaired) electrons. The molecule has 0 aliphatic carbocycles. The minimum Gasteiger partial charge on any atom is -0.508 e. The smallest absolute Gasteiger partial charge is 0.319 e. The maximum Gasteiger partial charge on any atom is 0.319 e. The summed E-state index contributed by atoms with van der Waals surface area (Å²) in [6, 6.07) is 21.8. The molecule has 9 rings (SSSR count). The number of aromatic hydroxyl groups is 4. The van der Waals surface area contributed by atoms with Crippen molar-refractivity contribution >= 4 is 45.7 Å². The van der Waals surface area contributed by atoms with E-state index in [1.54, 1.807) is 17.0 Å². The highest BCUT2D eigenvalue weighted by atomic mass is 16.3. The summed E-state index contributed by atoms with van der Waals surface area (Å²) >= 11 is 0. The third-order valence-electron chi connectivity index (χ3n) is 12.7. The molecule has 65 heavy (non-hydrogen) atoms. The van der Waals surface area contributed by atoms with Crippen LogP contribution in [0, 0.1) is 0 Å². The van der Waals surface area contributed by atoms with Crippen LogP contribution in [0.25, 0.3) is 27.8 Å². The van der Waals surface area contributed by atoms with Gasteiger partial charge in [-0.1, -0.05) is 49.8 Å². The molecule has 3 aliphatic rings. The van der Waals surface area contributed by atoms with Gasteiger partial charge in [0.25, 0.3) is 0 Å². The van der Waals surface area contributed by atoms with Crippen LogP contribution in [0.1, 0.15) is 43.0 Å². The molecule has 17 nitrogen and oxygen atoms in total. The number of anilines is 4. The predicted octanol–water partition coefficient (Wildman–Crippen LogP) is 5.37. The highest BCUT2D eigenvalue weighted by molar-refractivity contribution is 5.96. The summed E-state index contributed by atoms with van der Waals surface area (Å²) < 4.78 is 1.45. The first-order chi connectivity index (χ1) is 31.4. The first kappa shape index (κ1) is 42.7. The molecule has 0 saturated carbocycles. The lowest BCUT2D eigenvalue weighted by Gasteiger charge is -2.38. The highest BCUT2D eigenvalue weighted by Crippen LogP contribution is 2.40. The Kier molecular flexibility index (Phi) is 11.8. The lowest BCUT2D eigenvalue weighted by atomic mass is 9.98. The molecule has 5 N–H and O–H groups in total. The fourth-order valence-electron chi connectivity index (χ4n) is 9.15. The van der Waals surface area contributed by atoms with E-state index < -0.39 is 0 Å². The van der Waals surface area contributed by atoms with Gasteiger partial charge >= 0.3 is 6.01 Å². The summed E-state index contributed by atoms with van der Waals surface area (Å²) in [6.07, 6.45) is 2.31. The number of piperazine rings is 2. The van der Waals surface area contributed by atoms with Crippen LogP contribution in [0.2, 0.25) is 0 Å². The Bertz CT molecular complexity index is 2760. The Morgan fingerprint density at radius 2 is 1.48 bits per heavy atom. The van der Waals surface area contributed by atoms with Crippen LogP contribution < -0.4 is 20.0 Å². The standard InChI is InChI=1S/C48H53N11O6/c1-4-43(63)55-21-23-57(24-22-55)45-36-14-16-58(40-26-34(60)25-31-7-5-6-8-35(31)40)29-39(36)50-47(51-45)49-15-13-44(64)56-19-17-54(18-20-56)32-9-11-33(12-10-32)59-46(52-53-48(59)65)38-27-37(30(2)3)41(61)28-42(38)62/h4-12,25-28,30,60-62H,1,13-24,29H2,2-3H3,(H,53,65)(H,49,50,51). The summed E-state index contributed by atoms with van der Waals surface area (Å²) in [5.41, 5.74) is 5.40. The molecule has 3 aliphatic heterocycles. The van der Waals surface area contributed by atoms with Crippen molar-refractivity contribution < 1.29 is 30.0 Å². The third-order valence-corrected chi connectivity index (χ3v) is 12.7. The molecule has 17 heteroatoms. The molecule has 2 saturated heterocycles. The number of fused-ring (bicyclic) bond motifs is 2. The summed E-state index contributed by atoms with van der Waals surface area (Å²) in [5.74, 6) is 1.46. The van der Waals surface area contributed by atoms with Crippen LogP contribution in [-0.2, 0) is 22.6 Å². The first-order valence-corrected chi connectivity index (χ1v) is 22.1. The van der Waals surface area contributed by atoms with Crippen LogP contribution in [0.5, 0.6) is 23.3 Å². The van der Waals surface area contributed by atoms with E-state index in [2.05, 4.69) is 42.9 Å². The molecule has 0 unspecified atom stereocenters. The molecule has 336 valence electrons. The number of amides is 2. The van der Waals surface area contributed by atoms with Crippen molar-refractivity contribution in [3.63, 3.8) is 0 Å². The number of carbonyl (C=O) groups excluding carboxylic acids is 2. The zero-order valence-electron chi connectivity index (χ0n) is 36.6. The molecular formula is C48H53N11O6. The van der Waals surface area contributed by atoms with E-state index in [0.29, 0.717) is 101 Å². The van der Waals surface area contributed by atoms with E-state index in [-0.39, 0.29) is 53.2 Å². The predicted molar refractivity (Wildman–Crippen MR) is 249 cm³/mol. The quantitative estimate of drug-likeness (QED) is 0.104. The van der Waals surface area contributed by atoms with Gasteiger partial charge in [-0.2, -0.15) is 4.98 Å². The molecule has 4 aromatic carbocycles. The van der Waals surface area contributed by atoms with Crippen LogP contribution in [0.3, 0.4) is 0 Å². The lowest BCUT2D eigenvalue weighted by molar-refractivity contribution is -0.131. The normalized spacial score (nSPS) is 15.4. The molecule has 5 heterocycles. The van der Waals surface area contributed by atoms with Gasteiger partial charge in [0.1, 0.15) is 23.1 Å². The van der Waals surface area contributed by atoms with E-state index >= 15 is 0 Å². The molecule has 2 fully saturated rings. The molecule has 2 amide bonds. The van der Waals surface area contributed by atoms with Crippen molar-refractivity contribution in [1.82, 2.24) is 34.5 Å². The van der Waals surface area contributed by atoms with Gasteiger partial charge in [-0.3, -0.25) is 9.59 Å². The number of nitrogens with zero attached hydrogens (tertiary/aromatic N) is 10. The maximum atomic E-state index is 13.6. The first-order valence-electron chi connectivity index (χ1n) is 22.1. The number of hydrogen-bond acceptors (Lipinski definition) is 14. The Labute approximate surface area is 376 Å². The molecular weight excluding hydrogens is 827 g/mol. The van der Waals surface area contributed by atoms with E-state index in [0.717, 1.165) is 39.2 Å². The number of hydrogen-bond donors (Lipinski definition) is 5. The number of phenols is 3. The van der Waals surface area contributed by atoms with Crippen molar-refractivity contribution in [3.8, 4) is 40.3 Å². The van der Waals surface area contributed by atoms with Gasteiger partial charge in [0.2, 0.25) is 17.8 Å². The van der Waals surface area contributed by atoms with Crippen LogP contribution in [0.4, 0.5) is 23.1 Å². The van der Waals surface area contributed by atoms with E-state index in [1.807, 2.05) is 67.3 Å². The lowest BCUT2D eigenvalue weighted by Crippen LogP contribution is -2.49. The van der Waals surface area contributed by atoms with Gasteiger partial charge in [0.05, 0.1) is 23.5 Å². The number of phenolic OH excluding ortho intramolecular Hbond substituents is 3. The largest absolute Gasteiger partial charge is 0.508 e. The van der Waals surface area contributed by atoms with Gasteiger partial charge in [-0.15, -0.1) is 5.10 Å². The number of nitrogens with one attached hydrogen (secondary N) is 1. The summed E-state index contributed by atoms with van der Waals surface area (Å²) in [6.45, 7) is 13.8. The fraction of sp³-hybridized carbons (Fsp3) is 0.333. The van der Waals surface area contributed by atoms with E-state index in [4.69, 9.17) is 9.97 Å². The number of benzene rings is 4. The Morgan fingerprint density at radius 3 is 2.22 bits per heavy atom. The van der Waals surface area contributed by atoms with Crippen molar-refractivity contribution in [1.29, 1.82) is 0 Å². The topological polar surface area (TPSA) is 200 Å². The zero-order chi connectivity index (χ0) is 45.4. The van der Waals surface area contributed by atoms with Crippen LogP contribution in [-0.4, -0.2) is 132 Å². The third kappa shape index (κ3) is 8.60. The second-order valence-corrected chi connectivity index (χ2v) is 17.0. The summed E-state index contributed by atoms with van der Waals surface area (Å²) in [7, 11) is 0. The van der Waals surface area contributed by atoms with Crippen molar-refractivity contribution in [3.05, 3.63) is 102 Å². The molecule has 6 aromatic rings. The average molecular weight is 880 g/mol. The second-order valence-electron chi connectivity index (χ2n) is 17.0. The Morgan fingerprint density at radius 1 is 0.769 bits per heavy atom. The van der Waals surface area contributed by atoms with Gasteiger partial charge < -0.3 is 50.2 Å². The monoisotopic (exact) mass is 879 g/mol. The molecule has 2 aromatic heterocycles. The minimum absolute atomic E-state index is 0.0153. The van der Waals surface area contributed by atoms with Gasteiger partial charge in [-0.05, 0) is 65.8 Å². The SMILES string of the molecule is C=CC(=O)N1CCN(c2nc(NCCC(=O)N3CCN(c4ccc(-n5c(O)nnc5-c5cc(C(C)C)c(O)cc5O)cc4)CC3)nc3c2CCN(c2cc(O)cc4ccccc24)C3)CC1. The second kappa shape index (κ2) is 17.9. The zero-order valence-corrected chi connectivity index (χ0v) is 36.6. The summed E-state index contributed by atoms with van der Waals surface area (Å²) in [4.78, 5) is 46.3. The van der Waals surface area contributed by atoms with Crippen LogP contribution in [0.15, 0.2) is 85.5 Å². The fourth-order valence-corrected chi connectivity index (χ4v) is 9.15.